The number of hydrogen-bond donors (Lipinski definition) is 0. The van der Waals surface area contributed by atoms with Gasteiger partial charge in [0.2, 0.25) is 0 Å². The SMILES string of the molecule is CN(C)c1cccc(Oc2ccc([N+](=O)[O-])cc2C#N)c1. The molecule has 0 N–H and O–H groups in total. The number of nitrogens with zero attached hydrogens (tertiary/aromatic N) is 3. The van der Waals surface area contributed by atoms with Gasteiger partial charge in [-0.25, -0.2) is 0 Å². The van der Waals surface area contributed by atoms with E-state index < -0.39 is 4.92 Å². The maximum atomic E-state index is 10.7. The van der Waals surface area contributed by atoms with Crippen molar-refractivity contribution in [2.45, 2.75) is 0 Å². The molecule has 0 bridgehead atoms. The lowest BCUT2D eigenvalue weighted by Crippen LogP contribution is -2.08. The number of rotatable bonds is 4. The number of ether oxygens (including phenoxy) is 1. The molecule has 2 aromatic rings. The van der Waals surface area contributed by atoms with Gasteiger partial charge in [0.15, 0.2) is 0 Å². The van der Waals surface area contributed by atoms with Gasteiger partial charge < -0.3 is 9.64 Å². The van der Waals surface area contributed by atoms with Gasteiger partial charge in [-0.2, -0.15) is 5.26 Å². The van der Waals surface area contributed by atoms with Crippen LogP contribution in [0, 0.1) is 21.4 Å². The van der Waals surface area contributed by atoms with Crippen LogP contribution in [0.2, 0.25) is 0 Å². The Balaban J connectivity index is 2.33. The monoisotopic (exact) mass is 283 g/mol. The van der Waals surface area contributed by atoms with E-state index in [9.17, 15) is 10.1 Å². The first-order chi connectivity index (χ1) is 10.0. The fourth-order valence-electron chi connectivity index (χ4n) is 1.76. The molecule has 2 aromatic carbocycles. The quantitative estimate of drug-likeness (QED) is 0.635. The fourth-order valence-corrected chi connectivity index (χ4v) is 1.76. The Kier molecular flexibility index (Phi) is 4.05. The van der Waals surface area contributed by atoms with E-state index in [1.807, 2.05) is 43.3 Å². The molecule has 0 aliphatic rings. The number of hydrogen-bond acceptors (Lipinski definition) is 5. The maximum Gasteiger partial charge on any atom is 0.271 e. The lowest BCUT2D eigenvalue weighted by Gasteiger charge is -2.14. The van der Waals surface area contributed by atoms with Crippen molar-refractivity contribution >= 4 is 11.4 Å². The third-order valence-corrected chi connectivity index (χ3v) is 2.86. The molecule has 2 rings (SSSR count). The average molecular weight is 283 g/mol. The molecule has 21 heavy (non-hydrogen) atoms. The Bertz CT molecular complexity index is 720. The van der Waals surface area contributed by atoms with Gasteiger partial charge >= 0.3 is 0 Å². The Morgan fingerprint density at radius 3 is 2.62 bits per heavy atom. The van der Waals surface area contributed by atoms with E-state index in [0.29, 0.717) is 11.5 Å². The third-order valence-electron chi connectivity index (χ3n) is 2.86. The van der Waals surface area contributed by atoms with Gasteiger partial charge in [0.25, 0.3) is 5.69 Å². The maximum absolute atomic E-state index is 10.7. The second-order valence-electron chi connectivity index (χ2n) is 4.54. The van der Waals surface area contributed by atoms with E-state index >= 15 is 0 Å². The predicted molar refractivity (Wildman–Crippen MR) is 78.7 cm³/mol. The summed E-state index contributed by atoms with van der Waals surface area (Å²) in [5, 5.41) is 19.8. The Labute approximate surface area is 122 Å². The summed E-state index contributed by atoms with van der Waals surface area (Å²) < 4.78 is 5.65. The molecular formula is C15H13N3O3. The van der Waals surface area contributed by atoms with Crippen molar-refractivity contribution < 1.29 is 9.66 Å². The van der Waals surface area contributed by atoms with Gasteiger partial charge in [-0.1, -0.05) is 6.07 Å². The van der Waals surface area contributed by atoms with E-state index in [2.05, 4.69) is 0 Å². The molecule has 0 spiro atoms. The zero-order valence-electron chi connectivity index (χ0n) is 11.6. The third kappa shape index (κ3) is 3.28. The van der Waals surface area contributed by atoms with E-state index in [1.54, 1.807) is 6.07 Å². The van der Waals surface area contributed by atoms with Gasteiger partial charge in [-0.15, -0.1) is 0 Å². The Morgan fingerprint density at radius 1 is 1.24 bits per heavy atom. The molecule has 106 valence electrons. The second-order valence-corrected chi connectivity index (χ2v) is 4.54. The lowest BCUT2D eigenvalue weighted by molar-refractivity contribution is -0.384. The minimum atomic E-state index is -0.544. The smallest absolute Gasteiger partial charge is 0.271 e. The van der Waals surface area contributed by atoms with Crippen LogP contribution in [-0.2, 0) is 0 Å². The molecule has 0 amide bonds. The standard InChI is InChI=1S/C15H13N3O3/c1-17(2)12-4-3-5-14(9-12)21-15-7-6-13(18(19)20)8-11(15)10-16/h3-9H,1-2H3. The van der Waals surface area contributed by atoms with Crippen LogP contribution in [0.1, 0.15) is 5.56 Å². The predicted octanol–water partition coefficient (Wildman–Crippen LogP) is 3.32. The highest BCUT2D eigenvalue weighted by Crippen LogP contribution is 2.29. The first-order valence-corrected chi connectivity index (χ1v) is 6.15. The first kappa shape index (κ1) is 14.3. The molecule has 0 aliphatic heterocycles. The summed E-state index contributed by atoms with van der Waals surface area (Å²) in [6.07, 6.45) is 0. The van der Waals surface area contributed by atoms with Crippen LogP contribution in [0.3, 0.4) is 0 Å². The number of anilines is 1. The zero-order valence-corrected chi connectivity index (χ0v) is 11.6. The largest absolute Gasteiger partial charge is 0.456 e. The first-order valence-electron chi connectivity index (χ1n) is 6.15. The summed E-state index contributed by atoms with van der Waals surface area (Å²) >= 11 is 0. The highest BCUT2D eigenvalue weighted by atomic mass is 16.6. The number of nitro groups is 1. The van der Waals surface area contributed by atoms with Crippen molar-refractivity contribution in [1.29, 1.82) is 5.26 Å². The van der Waals surface area contributed by atoms with Crippen molar-refractivity contribution in [3.8, 4) is 17.6 Å². The molecule has 0 radical (unpaired) electrons. The summed E-state index contributed by atoms with van der Waals surface area (Å²) in [5.41, 5.74) is 0.938. The normalized spacial score (nSPS) is 9.76. The van der Waals surface area contributed by atoms with E-state index in [-0.39, 0.29) is 11.3 Å². The van der Waals surface area contributed by atoms with Gasteiger partial charge in [0.1, 0.15) is 23.1 Å². The fraction of sp³-hybridized carbons (Fsp3) is 0.133. The summed E-state index contributed by atoms with van der Waals surface area (Å²) in [5.74, 6) is 0.852. The van der Waals surface area contributed by atoms with Crippen molar-refractivity contribution in [3.63, 3.8) is 0 Å². The van der Waals surface area contributed by atoms with E-state index in [0.717, 1.165) is 5.69 Å². The van der Waals surface area contributed by atoms with Crippen LogP contribution in [-0.4, -0.2) is 19.0 Å². The van der Waals surface area contributed by atoms with Gasteiger partial charge in [-0.3, -0.25) is 10.1 Å². The number of non-ortho nitro benzene ring substituents is 1. The van der Waals surface area contributed by atoms with Crippen LogP contribution in [0.4, 0.5) is 11.4 Å². The van der Waals surface area contributed by atoms with E-state index in [4.69, 9.17) is 10.00 Å². The Hall–Kier alpha value is -3.07. The Morgan fingerprint density at radius 2 is 2.00 bits per heavy atom. The molecule has 0 aliphatic carbocycles. The lowest BCUT2D eigenvalue weighted by atomic mass is 10.2. The van der Waals surface area contributed by atoms with Crippen LogP contribution in [0.25, 0.3) is 0 Å². The van der Waals surface area contributed by atoms with Gasteiger partial charge in [-0.05, 0) is 18.2 Å². The summed E-state index contributed by atoms with van der Waals surface area (Å²) in [6.45, 7) is 0. The number of benzene rings is 2. The molecule has 0 saturated carbocycles. The highest BCUT2D eigenvalue weighted by Gasteiger charge is 2.12. The number of nitriles is 1. The van der Waals surface area contributed by atoms with Crippen LogP contribution in [0.15, 0.2) is 42.5 Å². The molecule has 0 fully saturated rings. The van der Waals surface area contributed by atoms with Gasteiger partial charge in [0.05, 0.1) is 4.92 Å². The zero-order chi connectivity index (χ0) is 15.4. The van der Waals surface area contributed by atoms with Crippen LogP contribution < -0.4 is 9.64 Å². The molecule has 0 saturated heterocycles. The van der Waals surface area contributed by atoms with Crippen LogP contribution in [0.5, 0.6) is 11.5 Å². The average Bonchev–Trinajstić information content (AvgIpc) is 2.47. The molecule has 0 unspecified atom stereocenters. The van der Waals surface area contributed by atoms with Crippen molar-refractivity contribution in [2.24, 2.45) is 0 Å². The summed E-state index contributed by atoms with van der Waals surface area (Å²) in [4.78, 5) is 12.1. The molecule has 0 aromatic heterocycles. The second kappa shape index (κ2) is 5.92. The molecule has 0 atom stereocenters. The van der Waals surface area contributed by atoms with Gasteiger partial charge in [0, 0.05) is 38.0 Å². The number of nitro benzene ring substituents is 1. The molecule has 6 heteroatoms. The molecule has 6 nitrogen and oxygen atoms in total. The van der Waals surface area contributed by atoms with Crippen LogP contribution >= 0.6 is 0 Å². The highest BCUT2D eigenvalue weighted by molar-refractivity contribution is 5.54. The molecule has 0 heterocycles. The van der Waals surface area contributed by atoms with E-state index in [1.165, 1.54) is 18.2 Å². The summed E-state index contributed by atoms with van der Waals surface area (Å²) in [7, 11) is 3.82. The molecular weight excluding hydrogens is 270 g/mol. The van der Waals surface area contributed by atoms with Crippen molar-refractivity contribution in [2.75, 3.05) is 19.0 Å². The summed E-state index contributed by atoms with van der Waals surface area (Å²) in [6, 6.07) is 13.2. The van der Waals surface area contributed by atoms with Crippen molar-refractivity contribution in [3.05, 3.63) is 58.1 Å². The minimum Gasteiger partial charge on any atom is -0.456 e. The topological polar surface area (TPSA) is 79.4 Å². The minimum absolute atomic E-state index is 0.124. The van der Waals surface area contributed by atoms with Crippen molar-refractivity contribution in [1.82, 2.24) is 0 Å².